The summed E-state index contributed by atoms with van der Waals surface area (Å²) in [7, 11) is 0. The topological polar surface area (TPSA) is 52.7 Å². The van der Waals surface area contributed by atoms with Gasteiger partial charge in [0.05, 0.1) is 0 Å². The fraction of sp³-hybridized carbons (Fsp3) is 0.300. The summed E-state index contributed by atoms with van der Waals surface area (Å²) in [5.41, 5.74) is 2.57. The van der Waals surface area contributed by atoms with Crippen LogP contribution in [0.5, 0.6) is 0 Å². The molecule has 0 saturated carbocycles. The first-order valence-electron chi connectivity index (χ1n) is 8.66. The standard InChI is InChI=1S/C20H22FN3O2/c1-15(25)22-14-16-2-4-17(5-3-16)20(26)24-12-10-23(11-13-24)19-8-6-18(21)7-9-19/h2-9H,10-14H2,1H3,(H,22,25). The Labute approximate surface area is 152 Å². The smallest absolute Gasteiger partial charge is 0.253 e. The second-order valence-corrected chi connectivity index (χ2v) is 6.36. The van der Waals surface area contributed by atoms with Gasteiger partial charge in [0.2, 0.25) is 5.91 Å². The summed E-state index contributed by atoms with van der Waals surface area (Å²) in [6.45, 7) is 4.63. The summed E-state index contributed by atoms with van der Waals surface area (Å²) in [6.07, 6.45) is 0. The van der Waals surface area contributed by atoms with Gasteiger partial charge in [-0.15, -0.1) is 0 Å². The minimum absolute atomic E-state index is 0.00910. The van der Waals surface area contributed by atoms with Crippen LogP contribution in [-0.4, -0.2) is 42.9 Å². The normalized spacial score (nSPS) is 14.2. The van der Waals surface area contributed by atoms with Crippen LogP contribution in [0.15, 0.2) is 48.5 Å². The molecule has 26 heavy (non-hydrogen) atoms. The number of rotatable bonds is 4. The lowest BCUT2D eigenvalue weighted by Crippen LogP contribution is -2.48. The number of halogens is 1. The van der Waals surface area contributed by atoms with Crippen molar-refractivity contribution in [3.05, 3.63) is 65.5 Å². The maximum absolute atomic E-state index is 13.0. The fourth-order valence-electron chi connectivity index (χ4n) is 2.99. The van der Waals surface area contributed by atoms with Crippen LogP contribution in [0.25, 0.3) is 0 Å². The van der Waals surface area contributed by atoms with Gasteiger partial charge in [-0.3, -0.25) is 9.59 Å². The highest BCUT2D eigenvalue weighted by Gasteiger charge is 2.22. The molecule has 1 N–H and O–H groups in total. The lowest BCUT2D eigenvalue weighted by Gasteiger charge is -2.36. The minimum atomic E-state index is -0.246. The van der Waals surface area contributed by atoms with Gasteiger partial charge in [0.25, 0.3) is 5.91 Å². The Balaban J connectivity index is 1.56. The molecule has 0 aromatic heterocycles. The summed E-state index contributed by atoms with van der Waals surface area (Å²) in [6, 6.07) is 13.7. The third kappa shape index (κ3) is 4.39. The van der Waals surface area contributed by atoms with Crippen molar-refractivity contribution in [1.82, 2.24) is 10.2 Å². The maximum atomic E-state index is 13.0. The van der Waals surface area contributed by atoms with E-state index in [0.29, 0.717) is 25.2 Å². The van der Waals surface area contributed by atoms with E-state index in [0.717, 1.165) is 24.3 Å². The van der Waals surface area contributed by atoms with E-state index < -0.39 is 0 Å². The highest BCUT2D eigenvalue weighted by atomic mass is 19.1. The Morgan fingerprint density at radius 1 is 0.962 bits per heavy atom. The molecule has 0 unspecified atom stereocenters. The molecule has 1 aliphatic rings. The van der Waals surface area contributed by atoms with Gasteiger partial charge in [-0.05, 0) is 42.0 Å². The zero-order valence-corrected chi connectivity index (χ0v) is 14.7. The van der Waals surface area contributed by atoms with Crippen molar-refractivity contribution in [2.45, 2.75) is 13.5 Å². The molecule has 1 saturated heterocycles. The minimum Gasteiger partial charge on any atom is -0.368 e. The Morgan fingerprint density at radius 2 is 1.58 bits per heavy atom. The summed E-state index contributed by atoms with van der Waals surface area (Å²) in [5.74, 6) is -0.316. The van der Waals surface area contributed by atoms with Crippen molar-refractivity contribution in [3.63, 3.8) is 0 Å². The number of piperazine rings is 1. The van der Waals surface area contributed by atoms with E-state index in [1.807, 2.05) is 17.0 Å². The van der Waals surface area contributed by atoms with E-state index in [-0.39, 0.29) is 17.6 Å². The van der Waals surface area contributed by atoms with E-state index in [9.17, 15) is 14.0 Å². The van der Waals surface area contributed by atoms with Crippen molar-refractivity contribution in [3.8, 4) is 0 Å². The summed E-state index contributed by atoms with van der Waals surface area (Å²) in [5, 5.41) is 2.73. The summed E-state index contributed by atoms with van der Waals surface area (Å²) in [4.78, 5) is 27.6. The molecule has 2 aromatic carbocycles. The first-order chi connectivity index (χ1) is 12.5. The number of anilines is 1. The van der Waals surface area contributed by atoms with Crippen LogP contribution < -0.4 is 10.2 Å². The summed E-state index contributed by atoms with van der Waals surface area (Å²) < 4.78 is 13.0. The third-order valence-corrected chi connectivity index (χ3v) is 4.50. The Morgan fingerprint density at radius 3 is 2.15 bits per heavy atom. The van der Waals surface area contributed by atoms with Crippen LogP contribution >= 0.6 is 0 Å². The average Bonchev–Trinajstić information content (AvgIpc) is 2.67. The fourth-order valence-corrected chi connectivity index (χ4v) is 2.99. The lowest BCUT2D eigenvalue weighted by molar-refractivity contribution is -0.119. The predicted molar refractivity (Wildman–Crippen MR) is 98.5 cm³/mol. The average molecular weight is 355 g/mol. The van der Waals surface area contributed by atoms with Gasteiger partial charge in [0.15, 0.2) is 0 Å². The molecular weight excluding hydrogens is 333 g/mol. The quantitative estimate of drug-likeness (QED) is 0.916. The van der Waals surface area contributed by atoms with Gasteiger partial charge in [-0.2, -0.15) is 0 Å². The first kappa shape index (κ1) is 17.9. The molecule has 3 rings (SSSR count). The van der Waals surface area contributed by atoms with Crippen LogP contribution in [0.2, 0.25) is 0 Å². The number of benzene rings is 2. The lowest BCUT2D eigenvalue weighted by atomic mass is 10.1. The van der Waals surface area contributed by atoms with Crippen molar-refractivity contribution in [1.29, 1.82) is 0 Å². The Bertz CT molecular complexity index is 767. The predicted octanol–water partition coefficient (Wildman–Crippen LogP) is 2.42. The largest absolute Gasteiger partial charge is 0.368 e. The van der Waals surface area contributed by atoms with Gasteiger partial charge in [-0.1, -0.05) is 12.1 Å². The number of amides is 2. The third-order valence-electron chi connectivity index (χ3n) is 4.50. The number of carbonyl (C=O) groups is 2. The molecule has 136 valence electrons. The van der Waals surface area contributed by atoms with Crippen molar-refractivity contribution in [2.75, 3.05) is 31.1 Å². The SMILES string of the molecule is CC(=O)NCc1ccc(C(=O)N2CCN(c3ccc(F)cc3)CC2)cc1. The van der Waals surface area contributed by atoms with E-state index in [1.165, 1.54) is 19.1 Å². The van der Waals surface area contributed by atoms with Crippen molar-refractivity contribution < 1.29 is 14.0 Å². The van der Waals surface area contributed by atoms with Gasteiger partial charge in [0.1, 0.15) is 5.82 Å². The molecule has 5 nitrogen and oxygen atoms in total. The van der Waals surface area contributed by atoms with E-state index in [2.05, 4.69) is 10.2 Å². The molecule has 1 aliphatic heterocycles. The van der Waals surface area contributed by atoms with Gasteiger partial charge in [0, 0.05) is 50.9 Å². The second-order valence-electron chi connectivity index (χ2n) is 6.36. The Hall–Kier alpha value is -2.89. The first-order valence-corrected chi connectivity index (χ1v) is 8.66. The molecule has 1 heterocycles. The highest BCUT2D eigenvalue weighted by molar-refractivity contribution is 5.94. The van der Waals surface area contributed by atoms with Crippen LogP contribution in [0.1, 0.15) is 22.8 Å². The number of hydrogen-bond acceptors (Lipinski definition) is 3. The van der Waals surface area contributed by atoms with E-state index in [4.69, 9.17) is 0 Å². The molecule has 2 amide bonds. The van der Waals surface area contributed by atoms with Crippen molar-refractivity contribution >= 4 is 17.5 Å². The van der Waals surface area contributed by atoms with E-state index >= 15 is 0 Å². The Kier molecular flexibility index (Phi) is 5.51. The van der Waals surface area contributed by atoms with Crippen LogP contribution in [0.3, 0.4) is 0 Å². The monoisotopic (exact) mass is 355 g/mol. The zero-order valence-electron chi connectivity index (χ0n) is 14.7. The zero-order chi connectivity index (χ0) is 18.5. The van der Waals surface area contributed by atoms with Crippen LogP contribution in [-0.2, 0) is 11.3 Å². The second kappa shape index (κ2) is 7.99. The molecular formula is C20H22FN3O2. The molecule has 0 aliphatic carbocycles. The van der Waals surface area contributed by atoms with Crippen LogP contribution in [0.4, 0.5) is 10.1 Å². The molecule has 1 fully saturated rings. The molecule has 0 radical (unpaired) electrons. The van der Waals surface area contributed by atoms with Gasteiger partial charge >= 0.3 is 0 Å². The summed E-state index contributed by atoms with van der Waals surface area (Å²) >= 11 is 0. The number of hydrogen-bond donors (Lipinski definition) is 1. The molecule has 2 aromatic rings. The number of nitrogens with one attached hydrogen (secondary N) is 1. The van der Waals surface area contributed by atoms with Crippen molar-refractivity contribution in [2.24, 2.45) is 0 Å². The molecule has 0 spiro atoms. The maximum Gasteiger partial charge on any atom is 0.253 e. The molecule has 0 atom stereocenters. The molecule has 6 heteroatoms. The number of nitrogens with zero attached hydrogens (tertiary/aromatic N) is 2. The van der Waals surface area contributed by atoms with Crippen LogP contribution in [0, 0.1) is 5.82 Å². The van der Waals surface area contributed by atoms with Gasteiger partial charge in [-0.25, -0.2) is 4.39 Å². The highest BCUT2D eigenvalue weighted by Crippen LogP contribution is 2.18. The molecule has 0 bridgehead atoms. The number of carbonyl (C=O) groups excluding carboxylic acids is 2. The van der Waals surface area contributed by atoms with E-state index in [1.54, 1.807) is 24.3 Å². The van der Waals surface area contributed by atoms with Gasteiger partial charge < -0.3 is 15.1 Å².